The Bertz CT molecular complexity index is 693. The molecule has 1 aliphatic heterocycles. The average Bonchev–Trinajstić information content (AvgIpc) is 2.54. The summed E-state index contributed by atoms with van der Waals surface area (Å²) in [5, 5.41) is 9.10. The summed E-state index contributed by atoms with van der Waals surface area (Å²) in [6.07, 6.45) is 4.01. The number of aromatic nitrogens is 1. The maximum absolute atomic E-state index is 12.5. The lowest BCUT2D eigenvalue weighted by atomic mass is 9.97. The van der Waals surface area contributed by atoms with Crippen LogP contribution in [0.1, 0.15) is 48.1 Å². The standard InChI is InChI=1S/C17H24N4O2.ClH/c1-11-14(12(2)20-17(23)15(11)10-19)6-7-16(22)21-8-4-3-5-13(21)9-18;/h13H,3-9,18H2,1-2H3,(H,20,23);1H. The molecule has 0 spiro atoms. The van der Waals surface area contributed by atoms with Crippen molar-refractivity contribution in [2.75, 3.05) is 13.1 Å². The molecule has 0 radical (unpaired) electrons. The van der Waals surface area contributed by atoms with Crippen LogP contribution in [0, 0.1) is 25.2 Å². The first-order valence-corrected chi connectivity index (χ1v) is 8.11. The Morgan fingerprint density at radius 2 is 2.12 bits per heavy atom. The van der Waals surface area contributed by atoms with Gasteiger partial charge >= 0.3 is 0 Å². The van der Waals surface area contributed by atoms with E-state index >= 15 is 0 Å². The zero-order valence-corrected chi connectivity index (χ0v) is 15.0. The van der Waals surface area contributed by atoms with Gasteiger partial charge in [0.05, 0.1) is 0 Å². The number of aryl methyl sites for hydroxylation is 1. The van der Waals surface area contributed by atoms with E-state index in [1.807, 2.05) is 11.0 Å². The average molecular weight is 353 g/mol. The van der Waals surface area contributed by atoms with E-state index < -0.39 is 0 Å². The number of hydrogen-bond acceptors (Lipinski definition) is 4. The van der Waals surface area contributed by atoms with Gasteiger partial charge in [-0.1, -0.05) is 0 Å². The molecule has 3 N–H and O–H groups in total. The SMILES string of the molecule is Cc1[nH]c(=O)c(C#N)c(C)c1CCC(=O)N1CCCCC1CN.Cl. The molecule has 24 heavy (non-hydrogen) atoms. The van der Waals surface area contributed by atoms with Gasteiger partial charge in [0.25, 0.3) is 5.56 Å². The Kier molecular flexibility index (Phi) is 7.46. The van der Waals surface area contributed by atoms with Crippen molar-refractivity contribution in [1.82, 2.24) is 9.88 Å². The molecule has 2 rings (SSSR count). The molecule has 2 heterocycles. The van der Waals surface area contributed by atoms with Crippen molar-refractivity contribution in [2.45, 2.75) is 52.0 Å². The molecule has 1 fully saturated rings. The summed E-state index contributed by atoms with van der Waals surface area (Å²) in [6, 6.07) is 2.09. The molecule has 1 unspecified atom stereocenters. The van der Waals surface area contributed by atoms with E-state index in [2.05, 4.69) is 4.98 Å². The Balaban J connectivity index is 0.00000288. The molecule has 0 aromatic carbocycles. The fourth-order valence-electron chi connectivity index (χ4n) is 3.37. The van der Waals surface area contributed by atoms with Gasteiger partial charge in [-0.2, -0.15) is 5.26 Å². The van der Waals surface area contributed by atoms with Crippen molar-refractivity contribution < 1.29 is 4.79 Å². The summed E-state index contributed by atoms with van der Waals surface area (Å²) >= 11 is 0. The van der Waals surface area contributed by atoms with Crippen molar-refractivity contribution in [3.8, 4) is 6.07 Å². The molecule has 132 valence electrons. The second kappa shape index (κ2) is 8.86. The molecule has 1 aromatic rings. The van der Waals surface area contributed by atoms with Crippen LogP contribution in [0.5, 0.6) is 0 Å². The number of rotatable bonds is 4. The summed E-state index contributed by atoms with van der Waals surface area (Å²) in [5.41, 5.74) is 7.83. The van der Waals surface area contributed by atoms with Crippen LogP contribution in [0.4, 0.5) is 0 Å². The second-order valence-corrected chi connectivity index (χ2v) is 6.14. The maximum Gasteiger partial charge on any atom is 0.266 e. The van der Waals surface area contributed by atoms with Crippen LogP contribution < -0.4 is 11.3 Å². The number of carbonyl (C=O) groups is 1. The van der Waals surface area contributed by atoms with E-state index in [0.29, 0.717) is 24.9 Å². The van der Waals surface area contributed by atoms with Gasteiger partial charge in [-0.3, -0.25) is 9.59 Å². The lowest BCUT2D eigenvalue weighted by molar-refractivity contribution is -0.134. The van der Waals surface area contributed by atoms with Crippen LogP contribution in [0.2, 0.25) is 0 Å². The number of amides is 1. The number of nitrogens with two attached hydrogens (primary N) is 1. The molecule has 0 aliphatic carbocycles. The Morgan fingerprint density at radius 1 is 1.42 bits per heavy atom. The molecule has 1 amide bonds. The zero-order chi connectivity index (χ0) is 17.0. The lowest BCUT2D eigenvalue weighted by Gasteiger charge is -2.35. The fourth-order valence-corrected chi connectivity index (χ4v) is 3.37. The third-order valence-corrected chi connectivity index (χ3v) is 4.73. The third-order valence-electron chi connectivity index (χ3n) is 4.73. The van der Waals surface area contributed by atoms with Gasteiger partial charge < -0.3 is 15.6 Å². The zero-order valence-electron chi connectivity index (χ0n) is 14.2. The minimum atomic E-state index is -0.364. The molecular formula is C17H25ClN4O2. The summed E-state index contributed by atoms with van der Waals surface area (Å²) < 4.78 is 0. The van der Waals surface area contributed by atoms with Crippen LogP contribution in [0.3, 0.4) is 0 Å². The van der Waals surface area contributed by atoms with Crippen LogP contribution in [-0.2, 0) is 11.2 Å². The molecule has 0 bridgehead atoms. The monoisotopic (exact) mass is 352 g/mol. The first-order chi connectivity index (χ1) is 11.0. The van der Waals surface area contributed by atoms with Crippen molar-refractivity contribution in [3.05, 3.63) is 32.7 Å². The van der Waals surface area contributed by atoms with E-state index in [1.165, 1.54) is 0 Å². The Morgan fingerprint density at radius 3 is 2.75 bits per heavy atom. The first kappa shape index (κ1) is 20.2. The number of carbonyl (C=O) groups excluding carboxylic acids is 1. The van der Waals surface area contributed by atoms with Gasteiger partial charge in [-0.05, 0) is 50.7 Å². The van der Waals surface area contributed by atoms with Gasteiger partial charge in [0.15, 0.2) is 0 Å². The molecule has 0 saturated carbocycles. The third kappa shape index (κ3) is 4.16. The predicted molar refractivity (Wildman–Crippen MR) is 95.2 cm³/mol. The minimum Gasteiger partial charge on any atom is -0.338 e. The molecule has 6 nitrogen and oxygen atoms in total. The lowest BCUT2D eigenvalue weighted by Crippen LogP contribution is -2.47. The first-order valence-electron chi connectivity index (χ1n) is 8.11. The van der Waals surface area contributed by atoms with E-state index in [4.69, 9.17) is 11.0 Å². The number of pyridine rings is 1. The van der Waals surface area contributed by atoms with Gasteiger partial charge in [0, 0.05) is 31.2 Å². The van der Waals surface area contributed by atoms with E-state index in [9.17, 15) is 9.59 Å². The summed E-state index contributed by atoms with van der Waals surface area (Å²) in [5.74, 6) is 0.101. The molecule has 1 atom stereocenters. The van der Waals surface area contributed by atoms with Gasteiger partial charge in [0.2, 0.25) is 5.91 Å². The highest BCUT2D eigenvalue weighted by Gasteiger charge is 2.25. The number of aromatic amines is 1. The van der Waals surface area contributed by atoms with Crippen molar-refractivity contribution in [2.24, 2.45) is 5.73 Å². The van der Waals surface area contributed by atoms with Crippen molar-refractivity contribution in [3.63, 3.8) is 0 Å². The molecule has 7 heteroatoms. The van der Waals surface area contributed by atoms with Crippen LogP contribution in [0.25, 0.3) is 0 Å². The van der Waals surface area contributed by atoms with Crippen LogP contribution in [-0.4, -0.2) is 34.9 Å². The van der Waals surface area contributed by atoms with E-state index in [0.717, 1.165) is 37.1 Å². The maximum atomic E-state index is 12.5. The number of likely N-dealkylation sites (tertiary alicyclic amines) is 1. The highest BCUT2D eigenvalue weighted by atomic mass is 35.5. The Hall–Kier alpha value is -1.84. The number of halogens is 1. The van der Waals surface area contributed by atoms with Crippen molar-refractivity contribution >= 4 is 18.3 Å². The second-order valence-electron chi connectivity index (χ2n) is 6.14. The van der Waals surface area contributed by atoms with Crippen molar-refractivity contribution in [1.29, 1.82) is 5.26 Å². The molecule has 1 aromatic heterocycles. The molecule has 1 saturated heterocycles. The highest BCUT2D eigenvalue weighted by molar-refractivity contribution is 5.85. The number of piperidine rings is 1. The van der Waals surface area contributed by atoms with E-state index in [1.54, 1.807) is 13.8 Å². The topological polar surface area (TPSA) is 103 Å². The predicted octanol–water partition coefficient (Wildman–Crippen LogP) is 1.56. The number of hydrogen-bond donors (Lipinski definition) is 2. The fraction of sp³-hybridized carbons (Fsp3) is 0.588. The number of H-pyrrole nitrogens is 1. The summed E-state index contributed by atoms with van der Waals surface area (Å²) in [4.78, 5) is 28.9. The number of nitriles is 1. The normalized spacial score (nSPS) is 17.1. The summed E-state index contributed by atoms with van der Waals surface area (Å²) in [6.45, 7) is 4.85. The van der Waals surface area contributed by atoms with Crippen LogP contribution in [0.15, 0.2) is 4.79 Å². The molecule has 1 aliphatic rings. The van der Waals surface area contributed by atoms with Gasteiger partial charge in [-0.15, -0.1) is 12.4 Å². The molecular weight excluding hydrogens is 328 g/mol. The smallest absolute Gasteiger partial charge is 0.266 e. The van der Waals surface area contributed by atoms with Gasteiger partial charge in [0.1, 0.15) is 11.6 Å². The van der Waals surface area contributed by atoms with Gasteiger partial charge in [-0.25, -0.2) is 0 Å². The largest absolute Gasteiger partial charge is 0.338 e. The van der Waals surface area contributed by atoms with E-state index in [-0.39, 0.29) is 35.5 Å². The quantitative estimate of drug-likeness (QED) is 0.858. The minimum absolute atomic E-state index is 0. The number of nitrogens with zero attached hydrogens (tertiary/aromatic N) is 2. The summed E-state index contributed by atoms with van der Waals surface area (Å²) in [7, 11) is 0. The highest BCUT2D eigenvalue weighted by Crippen LogP contribution is 2.19. The van der Waals surface area contributed by atoms with Crippen LogP contribution >= 0.6 is 12.4 Å². The Labute approximate surface area is 148 Å². The number of nitrogens with one attached hydrogen (secondary N) is 1.